The van der Waals surface area contributed by atoms with E-state index in [4.69, 9.17) is 5.73 Å². The second kappa shape index (κ2) is 4.27. The molecule has 2 heterocycles. The monoisotopic (exact) mass is 220 g/mol. The molecule has 0 bridgehead atoms. The molecule has 0 fully saturated rings. The van der Waals surface area contributed by atoms with E-state index in [9.17, 15) is 0 Å². The van der Waals surface area contributed by atoms with Crippen molar-refractivity contribution in [3.05, 3.63) is 34.4 Å². The highest BCUT2D eigenvalue weighted by molar-refractivity contribution is 7.11. The van der Waals surface area contributed by atoms with Crippen molar-refractivity contribution in [3.8, 4) is 0 Å². The van der Waals surface area contributed by atoms with Crippen LogP contribution in [-0.2, 0) is 6.54 Å². The minimum absolute atomic E-state index is 0.528. The average molecular weight is 220 g/mol. The summed E-state index contributed by atoms with van der Waals surface area (Å²) < 4.78 is 0. The van der Waals surface area contributed by atoms with E-state index in [1.165, 1.54) is 4.88 Å². The molecule has 0 aliphatic carbocycles. The van der Waals surface area contributed by atoms with E-state index in [0.717, 1.165) is 17.2 Å². The summed E-state index contributed by atoms with van der Waals surface area (Å²) in [5.74, 6) is 0.528. The maximum Gasteiger partial charge on any atom is 0.125 e. The van der Waals surface area contributed by atoms with Crippen LogP contribution in [0.25, 0.3) is 0 Å². The van der Waals surface area contributed by atoms with Crippen LogP contribution in [0.15, 0.2) is 24.5 Å². The summed E-state index contributed by atoms with van der Waals surface area (Å²) in [6.07, 6.45) is 3.58. The van der Waals surface area contributed by atoms with Gasteiger partial charge in [-0.3, -0.25) is 0 Å². The zero-order valence-corrected chi connectivity index (χ0v) is 9.21. The molecule has 0 amide bonds. The highest BCUT2D eigenvalue weighted by Crippen LogP contribution is 2.15. The van der Waals surface area contributed by atoms with Crippen molar-refractivity contribution in [2.24, 2.45) is 0 Å². The van der Waals surface area contributed by atoms with Crippen molar-refractivity contribution in [3.63, 3.8) is 0 Å². The lowest BCUT2D eigenvalue weighted by atomic mass is 10.4. The van der Waals surface area contributed by atoms with E-state index < -0.39 is 0 Å². The fourth-order valence-electron chi connectivity index (χ4n) is 1.23. The van der Waals surface area contributed by atoms with Crippen molar-refractivity contribution < 1.29 is 0 Å². The third-order valence-corrected chi connectivity index (χ3v) is 2.83. The predicted octanol–water partition coefficient (Wildman–Crippen LogP) is 2.04. The number of nitrogens with two attached hydrogens (primary N) is 1. The number of nitrogens with zero attached hydrogens (tertiary/aromatic N) is 2. The highest BCUT2D eigenvalue weighted by Gasteiger charge is 1.98. The third kappa shape index (κ3) is 2.66. The van der Waals surface area contributed by atoms with Crippen LogP contribution in [0.3, 0.4) is 0 Å². The topological polar surface area (TPSA) is 63.8 Å². The maximum absolute atomic E-state index is 5.57. The number of pyridine rings is 1. The first kappa shape index (κ1) is 9.92. The first-order chi connectivity index (χ1) is 7.24. The Morgan fingerprint density at radius 1 is 1.47 bits per heavy atom. The standard InChI is InChI=1S/C10H12N4S/c1-7-13-5-9(15-7)6-14-8-2-3-12-10(11)4-8/h2-5H,6H2,1H3,(H3,11,12,14). The molecular weight excluding hydrogens is 208 g/mol. The minimum Gasteiger partial charge on any atom is -0.384 e. The molecule has 0 radical (unpaired) electrons. The van der Waals surface area contributed by atoms with Gasteiger partial charge in [0.1, 0.15) is 5.82 Å². The van der Waals surface area contributed by atoms with Gasteiger partial charge in [0.05, 0.1) is 11.6 Å². The van der Waals surface area contributed by atoms with E-state index in [1.54, 1.807) is 17.5 Å². The lowest BCUT2D eigenvalue weighted by Crippen LogP contribution is -1.99. The lowest BCUT2D eigenvalue weighted by molar-refractivity contribution is 1.16. The number of nitrogens with one attached hydrogen (secondary N) is 1. The highest BCUT2D eigenvalue weighted by atomic mass is 32.1. The molecule has 2 aromatic rings. The number of rotatable bonds is 3. The number of hydrogen-bond acceptors (Lipinski definition) is 5. The van der Waals surface area contributed by atoms with Gasteiger partial charge >= 0.3 is 0 Å². The minimum atomic E-state index is 0.528. The molecule has 0 aliphatic rings. The maximum atomic E-state index is 5.57. The summed E-state index contributed by atoms with van der Waals surface area (Å²) >= 11 is 1.69. The van der Waals surface area contributed by atoms with Crippen molar-refractivity contribution in [2.75, 3.05) is 11.1 Å². The number of aromatic nitrogens is 2. The van der Waals surface area contributed by atoms with Crippen LogP contribution < -0.4 is 11.1 Å². The Balaban J connectivity index is 1.99. The molecule has 4 nitrogen and oxygen atoms in total. The fraction of sp³-hybridized carbons (Fsp3) is 0.200. The molecule has 0 saturated carbocycles. The number of anilines is 2. The first-order valence-electron chi connectivity index (χ1n) is 4.61. The molecule has 0 spiro atoms. The Morgan fingerprint density at radius 2 is 2.33 bits per heavy atom. The van der Waals surface area contributed by atoms with Crippen LogP contribution in [0.4, 0.5) is 11.5 Å². The van der Waals surface area contributed by atoms with Crippen molar-refractivity contribution in [1.29, 1.82) is 0 Å². The second-order valence-corrected chi connectivity index (χ2v) is 4.49. The van der Waals surface area contributed by atoms with Crippen LogP contribution in [0.5, 0.6) is 0 Å². The van der Waals surface area contributed by atoms with Gasteiger partial charge in [-0.05, 0) is 13.0 Å². The first-order valence-corrected chi connectivity index (χ1v) is 5.42. The van der Waals surface area contributed by atoms with Crippen LogP contribution in [-0.4, -0.2) is 9.97 Å². The quantitative estimate of drug-likeness (QED) is 0.830. The Labute approximate surface area is 92.2 Å². The van der Waals surface area contributed by atoms with Crippen LogP contribution in [0.2, 0.25) is 0 Å². The zero-order chi connectivity index (χ0) is 10.7. The molecule has 0 aromatic carbocycles. The van der Waals surface area contributed by atoms with E-state index in [0.29, 0.717) is 5.82 Å². The fourth-order valence-corrected chi connectivity index (χ4v) is 1.97. The van der Waals surface area contributed by atoms with Crippen LogP contribution >= 0.6 is 11.3 Å². The summed E-state index contributed by atoms with van der Waals surface area (Å²) in [4.78, 5) is 9.33. The van der Waals surface area contributed by atoms with Crippen molar-refractivity contribution >= 4 is 22.8 Å². The Bertz CT molecular complexity index is 452. The van der Waals surface area contributed by atoms with Gasteiger partial charge in [0.2, 0.25) is 0 Å². The third-order valence-electron chi connectivity index (χ3n) is 1.92. The van der Waals surface area contributed by atoms with Gasteiger partial charge in [-0.2, -0.15) is 0 Å². The van der Waals surface area contributed by atoms with Crippen molar-refractivity contribution in [1.82, 2.24) is 9.97 Å². The summed E-state index contributed by atoms with van der Waals surface area (Å²) in [6, 6.07) is 3.71. The van der Waals surface area contributed by atoms with Gasteiger partial charge in [0.15, 0.2) is 0 Å². The average Bonchev–Trinajstić information content (AvgIpc) is 2.62. The van der Waals surface area contributed by atoms with E-state index in [2.05, 4.69) is 15.3 Å². The van der Waals surface area contributed by atoms with Gasteiger partial charge in [-0.1, -0.05) is 0 Å². The van der Waals surface area contributed by atoms with Gasteiger partial charge < -0.3 is 11.1 Å². The van der Waals surface area contributed by atoms with Crippen LogP contribution in [0, 0.1) is 6.92 Å². The largest absolute Gasteiger partial charge is 0.384 e. The van der Waals surface area contributed by atoms with E-state index in [1.807, 2.05) is 25.3 Å². The molecule has 0 saturated heterocycles. The number of thiazole rings is 1. The molecule has 78 valence electrons. The lowest BCUT2D eigenvalue weighted by Gasteiger charge is -2.04. The van der Waals surface area contributed by atoms with Gasteiger partial charge in [0, 0.05) is 29.0 Å². The van der Waals surface area contributed by atoms with Crippen molar-refractivity contribution in [2.45, 2.75) is 13.5 Å². The Kier molecular flexibility index (Phi) is 2.82. The van der Waals surface area contributed by atoms with E-state index in [-0.39, 0.29) is 0 Å². The molecule has 0 aliphatic heterocycles. The summed E-state index contributed by atoms with van der Waals surface area (Å²) in [5.41, 5.74) is 6.55. The Hall–Kier alpha value is -1.62. The molecule has 0 unspecified atom stereocenters. The number of nitrogen functional groups attached to an aromatic ring is 1. The molecule has 2 rings (SSSR count). The van der Waals surface area contributed by atoms with Gasteiger partial charge in [0.25, 0.3) is 0 Å². The summed E-state index contributed by atoms with van der Waals surface area (Å²) in [7, 11) is 0. The Morgan fingerprint density at radius 3 is 3.00 bits per heavy atom. The summed E-state index contributed by atoms with van der Waals surface area (Å²) in [5, 5.41) is 4.35. The summed E-state index contributed by atoms with van der Waals surface area (Å²) in [6.45, 7) is 2.77. The van der Waals surface area contributed by atoms with Gasteiger partial charge in [-0.25, -0.2) is 9.97 Å². The smallest absolute Gasteiger partial charge is 0.125 e. The normalized spacial score (nSPS) is 10.2. The number of aryl methyl sites for hydroxylation is 1. The SMILES string of the molecule is Cc1ncc(CNc2ccnc(N)c2)s1. The second-order valence-electron chi connectivity index (χ2n) is 3.17. The molecule has 0 atom stereocenters. The molecule has 15 heavy (non-hydrogen) atoms. The molecular formula is C10H12N4S. The van der Waals surface area contributed by atoms with Gasteiger partial charge in [-0.15, -0.1) is 11.3 Å². The predicted molar refractivity (Wildman–Crippen MR) is 62.8 cm³/mol. The molecule has 2 aromatic heterocycles. The molecule has 5 heteroatoms. The van der Waals surface area contributed by atoms with E-state index >= 15 is 0 Å². The number of hydrogen-bond donors (Lipinski definition) is 2. The van der Waals surface area contributed by atoms with Crippen LogP contribution in [0.1, 0.15) is 9.88 Å². The molecule has 3 N–H and O–H groups in total. The zero-order valence-electron chi connectivity index (χ0n) is 8.40.